The van der Waals surface area contributed by atoms with Gasteiger partial charge in [-0.2, -0.15) is 0 Å². The van der Waals surface area contributed by atoms with Crippen molar-refractivity contribution in [1.29, 1.82) is 0 Å². The first-order chi connectivity index (χ1) is 9.72. The van der Waals surface area contributed by atoms with Gasteiger partial charge in [-0.25, -0.2) is 0 Å². The Morgan fingerprint density at radius 3 is 2.45 bits per heavy atom. The summed E-state index contributed by atoms with van der Waals surface area (Å²) in [6, 6.07) is 0. The van der Waals surface area contributed by atoms with E-state index < -0.39 is 0 Å². The summed E-state index contributed by atoms with van der Waals surface area (Å²) in [5, 5.41) is 3.72. The van der Waals surface area contributed by atoms with Gasteiger partial charge in [0.25, 0.3) is 0 Å². The van der Waals surface area contributed by atoms with Crippen molar-refractivity contribution in [3.63, 3.8) is 0 Å². The molecule has 0 heterocycles. The van der Waals surface area contributed by atoms with Gasteiger partial charge < -0.3 is 5.32 Å². The Bertz CT molecular complexity index is 262. The molecule has 0 amide bonds. The Kier molecular flexibility index (Phi) is 6.87. The normalized spacial score (nSPS) is 39.5. The van der Waals surface area contributed by atoms with E-state index in [0.717, 1.165) is 29.6 Å². The molecule has 20 heavy (non-hydrogen) atoms. The van der Waals surface area contributed by atoms with Crippen LogP contribution in [0, 0.1) is 29.6 Å². The van der Waals surface area contributed by atoms with Crippen molar-refractivity contribution in [1.82, 2.24) is 5.32 Å². The zero-order chi connectivity index (χ0) is 14.4. The van der Waals surface area contributed by atoms with Gasteiger partial charge in [-0.05, 0) is 74.8 Å². The zero-order valence-electron chi connectivity index (χ0n) is 14.2. The topological polar surface area (TPSA) is 12.0 Å². The molecule has 0 radical (unpaired) electrons. The summed E-state index contributed by atoms with van der Waals surface area (Å²) >= 11 is 0. The van der Waals surface area contributed by atoms with E-state index in [2.05, 4.69) is 26.1 Å². The minimum atomic E-state index is 0.959. The summed E-state index contributed by atoms with van der Waals surface area (Å²) in [7, 11) is 0. The van der Waals surface area contributed by atoms with Crippen molar-refractivity contribution in [2.75, 3.05) is 13.1 Å². The van der Waals surface area contributed by atoms with E-state index in [0.29, 0.717) is 0 Å². The van der Waals surface area contributed by atoms with Crippen LogP contribution in [-0.4, -0.2) is 13.1 Å². The van der Waals surface area contributed by atoms with Crippen LogP contribution in [0.2, 0.25) is 0 Å². The van der Waals surface area contributed by atoms with Gasteiger partial charge in [-0.1, -0.05) is 46.5 Å². The predicted molar refractivity (Wildman–Crippen MR) is 88.9 cm³/mol. The SMILES string of the molecule is CCCNCC1CCCCCC1C1CCC(C)C(C)C1. The van der Waals surface area contributed by atoms with Gasteiger partial charge in [0.1, 0.15) is 0 Å². The van der Waals surface area contributed by atoms with E-state index in [-0.39, 0.29) is 0 Å². The lowest BCUT2D eigenvalue weighted by Gasteiger charge is -2.40. The highest BCUT2D eigenvalue weighted by Gasteiger charge is 2.34. The number of rotatable bonds is 5. The second-order valence-electron chi connectivity index (χ2n) is 7.79. The molecule has 0 aromatic rings. The van der Waals surface area contributed by atoms with Crippen LogP contribution in [0.3, 0.4) is 0 Å². The third kappa shape index (κ3) is 4.48. The van der Waals surface area contributed by atoms with Gasteiger partial charge in [-0.3, -0.25) is 0 Å². The van der Waals surface area contributed by atoms with Crippen LogP contribution in [0.4, 0.5) is 0 Å². The molecule has 2 fully saturated rings. The molecule has 2 saturated carbocycles. The van der Waals surface area contributed by atoms with E-state index in [1.54, 1.807) is 0 Å². The maximum absolute atomic E-state index is 3.72. The molecule has 1 nitrogen and oxygen atoms in total. The molecule has 0 aromatic carbocycles. The molecular weight excluding hydrogens is 242 g/mol. The van der Waals surface area contributed by atoms with Crippen molar-refractivity contribution in [3.05, 3.63) is 0 Å². The lowest BCUT2D eigenvalue weighted by Crippen LogP contribution is -2.35. The summed E-state index contributed by atoms with van der Waals surface area (Å²) in [4.78, 5) is 0. The Morgan fingerprint density at radius 1 is 0.900 bits per heavy atom. The molecular formula is C19H37N. The third-order valence-corrected chi connectivity index (χ3v) is 6.30. The molecule has 0 spiro atoms. The molecule has 0 aliphatic heterocycles. The first-order valence-electron chi connectivity index (χ1n) is 9.43. The average molecular weight is 280 g/mol. The molecule has 0 bridgehead atoms. The van der Waals surface area contributed by atoms with Crippen LogP contribution < -0.4 is 5.32 Å². The van der Waals surface area contributed by atoms with Crippen molar-refractivity contribution >= 4 is 0 Å². The minimum absolute atomic E-state index is 0.959. The first-order valence-corrected chi connectivity index (χ1v) is 9.43. The summed E-state index contributed by atoms with van der Waals surface area (Å²) in [5.41, 5.74) is 0. The Labute approximate surface area is 127 Å². The molecule has 5 atom stereocenters. The smallest absolute Gasteiger partial charge is 0.00178 e. The highest BCUT2D eigenvalue weighted by Crippen LogP contribution is 2.43. The van der Waals surface area contributed by atoms with Gasteiger partial charge in [0.2, 0.25) is 0 Å². The van der Waals surface area contributed by atoms with Gasteiger partial charge in [-0.15, -0.1) is 0 Å². The molecule has 0 saturated heterocycles. The van der Waals surface area contributed by atoms with E-state index in [9.17, 15) is 0 Å². The van der Waals surface area contributed by atoms with Crippen LogP contribution in [0.15, 0.2) is 0 Å². The second kappa shape index (κ2) is 8.41. The first kappa shape index (κ1) is 16.3. The highest BCUT2D eigenvalue weighted by atomic mass is 14.9. The quantitative estimate of drug-likeness (QED) is 0.535. The summed E-state index contributed by atoms with van der Waals surface area (Å²) < 4.78 is 0. The maximum Gasteiger partial charge on any atom is -0.00178 e. The van der Waals surface area contributed by atoms with Crippen LogP contribution >= 0.6 is 0 Å². The number of hydrogen-bond donors (Lipinski definition) is 1. The molecule has 118 valence electrons. The van der Waals surface area contributed by atoms with Crippen LogP contribution in [-0.2, 0) is 0 Å². The molecule has 5 unspecified atom stereocenters. The molecule has 1 N–H and O–H groups in total. The van der Waals surface area contributed by atoms with E-state index in [4.69, 9.17) is 0 Å². The van der Waals surface area contributed by atoms with E-state index in [1.807, 2.05) is 0 Å². The molecule has 2 aliphatic rings. The fraction of sp³-hybridized carbons (Fsp3) is 1.00. The van der Waals surface area contributed by atoms with Crippen LogP contribution in [0.1, 0.15) is 78.6 Å². The molecule has 0 aromatic heterocycles. The Morgan fingerprint density at radius 2 is 1.70 bits per heavy atom. The average Bonchev–Trinajstić information content (AvgIpc) is 2.68. The Hall–Kier alpha value is -0.0400. The highest BCUT2D eigenvalue weighted by molar-refractivity contribution is 4.85. The molecule has 2 rings (SSSR count). The largest absolute Gasteiger partial charge is 0.316 e. The molecule has 2 aliphatic carbocycles. The van der Waals surface area contributed by atoms with Crippen LogP contribution in [0.25, 0.3) is 0 Å². The summed E-state index contributed by atoms with van der Waals surface area (Å²) in [6.07, 6.45) is 13.2. The van der Waals surface area contributed by atoms with Crippen molar-refractivity contribution in [2.24, 2.45) is 29.6 Å². The monoisotopic (exact) mass is 279 g/mol. The van der Waals surface area contributed by atoms with E-state index >= 15 is 0 Å². The lowest BCUT2D eigenvalue weighted by atomic mass is 9.67. The van der Waals surface area contributed by atoms with Gasteiger partial charge in [0, 0.05) is 0 Å². The second-order valence-corrected chi connectivity index (χ2v) is 7.79. The zero-order valence-corrected chi connectivity index (χ0v) is 14.2. The van der Waals surface area contributed by atoms with Crippen molar-refractivity contribution < 1.29 is 0 Å². The minimum Gasteiger partial charge on any atom is -0.316 e. The predicted octanol–water partition coefficient (Wildman–Crippen LogP) is 5.25. The summed E-state index contributed by atoms with van der Waals surface area (Å²) in [5.74, 6) is 4.95. The Balaban J connectivity index is 1.93. The molecule has 1 heteroatoms. The van der Waals surface area contributed by atoms with Crippen molar-refractivity contribution in [3.8, 4) is 0 Å². The fourth-order valence-corrected chi connectivity index (χ4v) is 4.73. The van der Waals surface area contributed by atoms with Crippen LogP contribution in [0.5, 0.6) is 0 Å². The number of hydrogen-bond acceptors (Lipinski definition) is 1. The van der Waals surface area contributed by atoms with Crippen molar-refractivity contribution in [2.45, 2.75) is 78.6 Å². The van der Waals surface area contributed by atoms with Gasteiger partial charge >= 0.3 is 0 Å². The van der Waals surface area contributed by atoms with E-state index in [1.165, 1.54) is 70.9 Å². The summed E-state index contributed by atoms with van der Waals surface area (Å²) in [6.45, 7) is 9.74. The van der Waals surface area contributed by atoms with Gasteiger partial charge in [0.05, 0.1) is 0 Å². The fourth-order valence-electron chi connectivity index (χ4n) is 4.73. The lowest BCUT2D eigenvalue weighted by molar-refractivity contribution is 0.112. The number of nitrogens with one attached hydrogen (secondary N) is 1. The maximum atomic E-state index is 3.72. The standard InChI is InChI=1S/C19H37N/c1-4-12-20-14-18-8-6-5-7-9-19(18)17-11-10-15(2)16(3)13-17/h15-20H,4-14H2,1-3H3. The van der Waals surface area contributed by atoms with Gasteiger partial charge in [0.15, 0.2) is 0 Å². The third-order valence-electron chi connectivity index (χ3n) is 6.30.